The molecule has 1 nitrogen and oxygen atoms in total. The van der Waals surface area contributed by atoms with Gasteiger partial charge in [0, 0.05) is 12.1 Å². The summed E-state index contributed by atoms with van der Waals surface area (Å²) >= 11 is 0. The first-order valence-electron chi connectivity index (χ1n) is 8.33. The molecule has 3 rings (SSSR count). The van der Waals surface area contributed by atoms with Crippen molar-refractivity contribution >= 4 is 0 Å². The average molecular weight is 289 g/mol. The smallest absolute Gasteiger partial charge is 0.123 e. The molecule has 21 heavy (non-hydrogen) atoms. The van der Waals surface area contributed by atoms with Crippen molar-refractivity contribution in [2.24, 2.45) is 16.7 Å². The number of hydrogen-bond donors (Lipinski definition) is 1. The van der Waals surface area contributed by atoms with Gasteiger partial charge in [-0.1, -0.05) is 32.9 Å². The Morgan fingerprint density at radius 3 is 2.43 bits per heavy atom. The second kappa shape index (κ2) is 5.08. The van der Waals surface area contributed by atoms with Crippen LogP contribution in [0.15, 0.2) is 24.3 Å². The monoisotopic (exact) mass is 289 g/mol. The van der Waals surface area contributed by atoms with Crippen LogP contribution in [-0.2, 0) is 6.42 Å². The molecule has 0 aromatic heterocycles. The van der Waals surface area contributed by atoms with Crippen molar-refractivity contribution in [3.63, 3.8) is 0 Å². The molecule has 0 aliphatic heterocycles. The third kappa shape index (κ3) is 2.42. The first-order chi connectivity index (χ1) is 9.83. The lowest BCUT2D eigenvalue weighted by Crippen LogP contribution is -2.48. The van der Waals surface area contributed by atoms with Gasteiger partial charge in [0.05, 0.1) is 0 Å². The van der Waals surface area contributed by atoms with Gasteiger partial charge < -0.3 is 5.32 Å². The Morgan fingerprint density at radius 1 is 1.24 bits per heavy atom. The normalized spacial score (nSPS) is 35.1. The summed E-state index contributed by atoms with van der Waals surface area (Å²) in [5.74, 6) is 0.722. The van der Waals surface area contributed by atoms with Crippen LogP contribution >= 0.6 is 0 Å². The Hall–Kier alpha value is -0.890. The zero-order chi connectivity index (χ0) is 15.3. The highest BCUT2D eigenvalue weighted by molar-refractivity contribution is 5.18. The molecule has 2 saturated carbocycles. The number of fused-ring (bicyclic) bond motifs is 2. The molecule has 1 aromatic carbocycles. The van der Waals surface area contributed by atoms with Gasteiger partial charge in [0.25, 0.3) is 0 Å². The van der Waals surface area contributed by atoms with E-state index in [4.69, 9.17) is 0 Å². The number of halogens is 1. The first-order valence-corrected chi connectivity index (χ1v) is 8.33. The second-order valence-electron chi connectivity index (χ2n) is 8.06. The molecule has 2 fully saturated rings. The minimum atomic E-state index is -0.151. The molecule has 1 aromatic rings. The van der Waals surface area contributed by atoms with E-state index in [0.29, 0.717) is 22.9 Å². The third-order valence-corrected chi connectivity index (χ3v) is 6.73. The topological polar surface area (TPSA) is 12.0 Å². The van der Waals surface area contributed by atoms with Crippen molar-refractivity contribution in [2.75, 3.05) is 0 Å². The predicted molar refractivity (Wildman–Crippen MR) is 85.7 cm³/mol. The number of hydrogen-bond acceptors (Lipinski definition) is 1. The van der Waals surface area contributed by atoms with Gasteiger partial charge in [-0.15, -0.1) is 0 Å². The molecule has 0 heterocycles. The number of benzene rings is 1. The molecule has 0 saturated heterocycles. The molecule has 2 aliphatic carbocycles. The zero-order valence-electron chi connectivity index (χ0n) is 13.7. The quantitative estimate of drug-likeness (QED) is 0.856. The summed E-state index contributed by atoms with van der Waals surface area (Å²) < 4.78 is 13.0. The van der Waals surface area contributed by atoms with E-state index in [0.717, 1.165) is 12.3 Å². The van der Waals surface area contributed by atoms with Crippen molar-refractivity contribution in [1.29, 1.82) is 0 Å². The van der Waals surface area contributed by atoms with Gasteiger partial charge in [-0.2, -0.15) is 0 Å². The molecule has 1 N–H and O–H groups in total. The second-order valence-corrected chi connectivity index (χ2v) is 8.06. The van der Waals surface area contributed by atoms with E-state index >= 15 is 0 Å². The van der Waals surface area contributed by atoms with Crippen molar-refractivity contribution in [1.82, 2.24) is 5.32 Å². The molecule has 2 bridgehead atoms. The van der Waals surface area contributed by atoms with Crippen LogP contribution < -0.4 is 5.32 Å². The van der Waals surface area contributed by atoms with E-state index in [1.54, 1.807) is 12.1 Å². The molecule has 0 amide bonds. The van der Waals surface area contributed by atoms with Gasteiger partial charge in [-0.05, 0) is 67.1 Å². The molecule has 116 valence electrons. The Bertz CT molecular complexity index is 507. The van der Waals surface area contributed by atoms with Crippen molar-refractivity contribution in [2.45, 2.75) is 65.5 Å². The van der Waals surface area contributed by atoms with Crippen LogP contribution in [0.1, 0.15) is 52.5 Å². The highest BCUT2D eigenvalue weighted by atomic mass is 19.1. The van der Waals surface area contributed by atoms with Crippen LogP contribution in [0.25, 0.3) is 0 Å². The average Bonchev–Trinajstić information content (AvgIpc) is 2.74. The van der Waals surface area contributed by atoms with Crippen LogP contribution in [0.5, 0.6) is 0 Å². The minimum Gasteiger partial charge on any atom is -0.311 e. The van der Waals surface area contributed by atoms with Crippen molar-refractivity contribution in [3.05, 3.63) is 35.6 Å². The first kappa shape index (κ1) is 15.0. The summed E-state index contributed by atoms with van der Waals surface area (Å²) in [6.07, 6.45) is 5.04. The van der Waals surface area contributed by atoms with E-state index in [-0.39, 0.29) is 5.82 Å². The highest BCUT2D eigenvalue weighted by Crippen LogP contribution is 2.65. The van der Waals surface area contributed by atoms with Gasteiger partial charge in [-0.3, -0.25) is 0 Å². The van der Waals surface area contributed by atoms with Crippen molar-refractivity contribution in [3.8, 4) is 0 Å². The zero-order valence-corrected chi connectivity index (χ0v) is 13.7. The maximum absolute atomic E-state index is 13.0. The molecular formula is C19H28FN. The van der Waals surface area contributed by atoms with Gasteiger partial charge in [0.2, 0.25) is 0 Å². The Balaban J connectivity index is 1.64. The molecule has 2 aliphatic rings. The predicted octanol–water partition coefficient (Wildman–Crippen LogP) is 4.56. The molecule has 4 atom stereocenters. The standard InChI is InChI=1S/C19H28FN/c1-13(11-14-5-7-16(20)8-6-14)21-17-12-15-9-10-19(17,4)18(15,2)3/h5-8,13,15,17,21H,9-12H2,1-4H3. The molecule has 4 unspecified atom stereocenters. The summed E-state index contributed by atoms with van der Waals surface area (Å²) in [5.41, 5.74) is 2.10. The molecular weight excluding hydrogens is 261 g/mol. The lowest BCUT2D eigenvalue weighted by molar-refractivity contribution is 0.116. The summed E-state index contributed by atoms with van der Waals surface area (Å²) in [6, 6.07) is 7.99. The van der Waals surface area contributed by atoms with E-state index < -0.39 is 0 Å². The third-order valence-electron chi connectivity index (χ3n) is 6.73. The van der Waals surface area contributed by atoms with Crippen LogP contribution in [0.4, 0.5) is 4.39 Å². The SMILES string of the molecule is CC(Cc1ccc(F)cc1)NC1CC2CCC1(C)C2(C)C. The maximum atomic E-state index is 13.0. The van der Waals surface area contributed by atoms with Gasteiger partial charge in [-0.25, -0.2) is 4.39 Å². The molecule has 2 heteroatoms. The molecule has 0 radical (unpaired) electrons. The fourth-order valence-corrected chi connectivity index (χ4v) is 4.83. The lowest BCUT2D eigenvalue weighted by atomic mass is 9.69. The summed E-state index contributed by atoms with van der Waals surface area (Å²) in [7, 11) is 0. The fraction of sp³-hybridized carbons (Fsp3) is 0.684. The van der Waals surface area contributed by atoms with E-state index in [1.165, 1.54) is 24.8 Å². The Morgan fingerprint density at radius 2 is 1.90 bits per heavy atom. The minimum absolute atomic E-state index is 0.151. The highest BCUT2D eigenvalue weighted by Gasteiger charge is 2.61. The number of rotatable bonds is 4. The van der Waals surface area contributed by atoms with Crippen LogP contribution in [0.2, 0.25) is 0 Å². The summed E-state index contributed by atoms with van der Waals surface area (Å²) in [4.78, 5) is 0. The molecule has 0 spiro atoms. The van der Waals surface area contributed by atoms with Crippen molar-refractivity contribution < 1.29 is 4.39 Å². The fourth-order valence-electron chi connectivity index (χ4n) is 4.83. The van der Waals surface area contributed by atoms with Crippen LogP contribution in [0.3, 0.4) is 0 Å². The van der Waals surface area contributed by atoms with Crippen LogP contribution in [-0.4, -0.2) is 12.1 Å². The summed E-state index contributed by atoms with van der Waals surface area (Å²) in [5, 5.41) is 3.88. The van der Waals surface area contributed by atoms with Crippen LogP contribution in [0, 0.1) is 22.6 Å². The van der Waals surface area contributed by atoms with Gasteiger partial charge in [0.1, 0.15) is 5.82 Å². The van der Waals surface area contributed by atoms with Gasteiger partial charge >= 0.3 is 0 Å². The van der Waals surface area contributed by atoms with E-state index in [9.17, 15) is 4.39 Å². The Kier molecular flexibility index (Phi) is 3.64. The van der Waals surface area contributed by atoms with Gasteiger partial charge in [0.15, 0.2) is 0 Å². The number of nitrogens with one attached hydrogen (secondary N) is 1. The largest absolute Gasteiger partial charge is 0.311 e. The van der Waals surface area contributed by atoms with E-state index in [2.05, 4.69) is 33.0 Å². The lowest BCUT2D eigenvalue weighted by Gasteiger charge is -2.40. The Labute approximate surface area is 128 Å². The summed E-state index contributed by atoms with van der Waals surface area (Å²) in [6.45, 7) is 9.64. The van der Waals surface area contributed by atoms with E-state index in [1.807, 2.05) is 12.1 Å². The maximum Gasteiger partial charge on any atom is 0.123 e.